The van der Waals surface area contributed by atoms with Crippen LogP contribution in [0, 0.1) is 13.8 Å². The first kappa shape index (κ1) is 31.5. The van der Waals surface area contributed by atoms with Crippen LogP contribution in [-0.4, -0.2) is 8.07 Å². The number of aryl methyl sites for hydroxylation is 2. The zero-order valence-electron chi connectivity index (χ0n) is 31.8. The van der Waals surface area contributed by atoms with Crippen LogP contribution in [0.2, 0.25) is 0 Å². The molecule has 1 nitrogen and oxygen atoms in total. The summed E-state index contributed by atoms with van der Waals surface area (Å²) in [6.45, 7) is 4.52. The van der Waals surface area contributed by atoms with E-state index in [9.17, 15) is 0 Å². The van der Waals surface area contributed by atoms with Crippen molar-refractivity contribution < 1.29 is 0 Å². The molecule has 1 aliphatic carbocycles. The van der Waals surface area contributed by atoms with E-state index in [-0.39, 0.29) is 0 Å². The summed E-state index contributed by atoms with van der Waals surface area (Å²) in [5.41, 5.74) is 19.4. The molecule has 2 heteroatoms. The molecule has 13 rings (SSSR count). The van der Waals surface area contributed by atoms with Gasteiger partial charge in [-0.2, -0.15) is 0 Å². The Hall–Kier alpha value is -6.74. The van der Waals surface area contributed by atoms with Crippen LogP contribution in [0.25, 0.3) is 44.2 Å². The van der Waals surface area contributed by atoms with Crippen molar-refractivity contribution in [1.82, 2.24) is 0 Å². The van der Waals surface area contributed by atoms with Gasteiger partial charge in [0.15, 0.2) is 8.07 Å². The maximum Gasteiger partial charge on any atom is 0.182 e. The number of hydrogen-bond acceptors (Lipinski definition) is 1. The normalized spacial score (nSPS) is 15.1. The van der Waals surface area contributed by atoms with Crippen LogP contribution in [-0.2, 0) is 5.41 Å². The number of fused-ring (bicyclic) bond motifs is 21. The standard InChI is InChI=1S/C55H37NSi/c1-34-23-27-42-43-28-24-35(2)32-52(43)57(51(42)31-34)50-22-12-7-17-41(50)44-29-26-37(33-53(44)57)56-49-21-11-10-20-47(49)55(48-30-25-36-13-3-4-14-38(36)54(48)56)45-18-8-5-15-39(45)40-16-6-9-19-46(40)55/h3-33H,1-2H3. The maximum atomic E-state index is 2.62. The average molecular weight is 740 g/mol. The summed E-state index contributed by atoms with van der Waals surface area (Å²) in [4.78, 5) is 2.62. The van der Waals surface area contributed by atoms with E-state index < -0.39 is 13.5 Å². The fraction of sp³-hybridized carbons (Fsp3) is 0.0545. The highest BCUT2D eigenvalue weighted by atomic mass is 28.3. The topological polar surface area (TPSA) is 3.24 Å². The van der Waals surface area contributed by atoms with Crippen molar-refractivity contribution in [2.24, 2.45) is 0 Å². The van der Waals surface area contributed by atoms with Crippen molar-refractivity contribution >= 4 is 56.7 Å². The predicted octanol–water partition coefficient (Wildman–Crippen LogP) is 10.9. The van der Waals surface area contributed by atoms with Gasteiger partial charge in [0.1, 0.15) is 0 Å². The molecule has 3 aliphatic heterocycles. The van der Waals surface area contributed by atoms with Gasteiger partial charge in [-0.05, 0) is 114 Å². The summed E-state index contributed by atoms with van der Waals surface area (Å²) in [5.74, 6) is 0. The first-order chi connectivity index (χ1) is 28.1. The first-order valence-electron chi connectivity index (χ1n) is 20.2. The number of benzene rings is 9. The minimum absolute atomic E-state index is 0.471. The molecule has 0 saturated carbocycles. The lowest BCUT2D eigenvalue weighted by atomic mass is 9.64. The van der Waals surface area contributed by atoms with E-state index >= 15 is 0 Å². The molecule has 0 atom stereocenters. The number of rotatable bonds is 1. The number of anilines is 3. The van der Waals surface area contributed by atoms with Crippen LogP contribution in [0.3, 0.4) is 0 Å². The highest BCUT2D eigenvalue weighted by Crippen LogP contribution is 2.64. The smallest absolute Gasteiger partial charge is 0.182 e. The van der Waals surface area contributed by atoms with E-state index in [1.807, 2.05) is 0 Å². The molecular weight excluding hydrogens is 703 g/mol. The van der Waals surface area contributed by atoms with Gasteiger partial charge < -0.3 is 4.90 Å². The molecule has 266 valence electrons. The second-order valence-electron chi connectivity index (χ2n) is 16.5. The Morgan fingerprint density at radius 3 is 1.61 bits per heavy atom. The molecule has 4 aliphatic rings. The highest BCUT2D eigenvalue weighted by molar-refractivity contribution is 7.24. The monoisotopic (exact) mass is 739 g/mol. The van der Waals surface area contributed by atoms with Gasteiger partial charge in [-0.1, -0.05) is 181 Å². The Bertz CT molecular complexity index is 3150. The quantitative estimate of drug-likeness (QED) is 0.152. The molecule has 0 unspecified atom stereocenters. The Kier molecular flexibility index (Phi) is 6.05. The lowest BCUT2D eigenvalue weighted by Gasteiger charge is -2.45. The lowest BCUT2D eigenvalue weighted by Crippen LogP contribution is -2.70. The average Bonchev–Trinajstić information content (AvgIpc) is 3.83. The highest BCUT2D eigenvalue weighted by Gasteiger charge is 2.55. The Labute approximate surface area is 334 Å². The van der Waals surface area contributed by atoms with Gasteiger partial charge in [-0.15, -0.1) is 0 Å². The number of nitrogens with zero attached hydrogens (tertiary/aromatic N) is 1. The molecule has 0 amide bonds. The summed E-state index contributed by atoms with van der Waals surface area (Å²) < 4.78 is 0. The van der Waals surface area contributed by atoms with Gasteiger partial charge in [-0.3, -0.25) is 0 Å². The molecule has 0 N–H and O–H groups in total. The minimum atomic E-state index is -2.70. The molecule has 0 bridgehead atoms. The first-order valence-corrected chi connectivity index (χ1v) is 22.2. The second kappa shape index (κ2) is 11.0. The molecule has 3 heterocycles. The molecular formula is C55H37NSi. The molecule has 9 aromatic carbocycles. The van der Waals surface area contributed by atoms with Crippen LogP contribution in [0.5, 0.6) is 0 Å². The van der Waals surface area contributed by atoms with Crippen LogP contribution in [0.4, 0.5) is 17.1 Å². The zero-order valence-corrected chi connectivity index (χ0v) is 32.8. The van der Waals surface area contributed by atoms with Gasteiger partial charge in [0.05, 0.1) is 16.8 Å². The van der Waals surface area contributed by atoms with Gasteiger partial charge in [0.2, 0.25) is 0 Å². The third-order valence-corrected chi connectivity index (χ3v) is 18.7. The van der Waals surface area contributed by atoms with Crippen LogP contribution < -0.4 is 25.6 Å². The predicted molar refractivity (Wildman–Crippen MR) is 241 cm³/mol. The minimum Gasteiger partial charge on any atom is -0.309 e. The summed E-state index contributed by atoms with van der Waals surface area (Å²) >= 11 is 0. The molecule has 0 fully saturated rings. The van der Waals surface area contributed by atoms with E-state index in [1.54, 1.807) is 0 Å². The van der Waals surface area contributed by atoms with Crippen molar-refractivity contribution in [2.45, 2.75) is 19.3 Å². The SMILES string of the molecule is Cc1ccc2c(c1)[Si]1(c3ccccc3-c3ccc(N4c5ccccc5C5(c6ccccc6-c6ccccc65)c5ccc6ccccc6c54)cc31)c1cc(C)ccc1-2. The van der Waals surface area contributed by atoms with E-state index in [0.717, 1.165) is 0 Å². The van der Waals surface area contributed by atoms with Crippen molar-refractivity contribution in [3.63, 3.8) is 0 Å². The van der Waals surface area contributed by atoms with E-state index in [0.29, 0.717) is 0 Å². The molecule has 0 saturated heterocycles. The Balaban J connectivity index is 1.16. The second-order valence-corrected chi connectivity index (χ2v) is 20.2. The fourth-order valence-electron chi connectivity index (χ4n) is 11.7. The molecule has 2 spiro atoms. The fourth-order valence-corrected chi connectivity index (χ4v) is 17.5. The molecule has 0 aromatic heterocycles. The maximum absolute atomic E-state index is 2.70. The number of para-hydroxylation sites is 1. The van der Waals surface area contributed by atoms with Crippen molar-refractivity contribution in [3.8, 4) is 33.4 Å². The van der Waals surface area contributed by atoms with E-state index in [2.05, 4.69) is 207 Å². The number of hydrogen-bond donors (Lipinski definition) is 0. The Morgan fingerprint density at radius 1 is 0.386 bits per heavy atom. The van der Waals surface area contributed by atoms with Gasteiger partial charge in [-0.25, -0.2) is 0 Å². The summed E-state index contributed by atoms with van der Waals surface area (Å²) in [7, 11) is -2.70. The molecule has 9 aromatic rings. The van der Waals surface area contributed by atoms with E-state index in [4.69, 9.17) is 0 Å². The third kappa shape index (κ3) is 3.71. The van der Waals surface area contributed by atoms with Gasteiger partial charge in [0, 0.05) is 11.1 Å². The van der Waals surface area contributed by atoms with Gasteiger partial charge >= 0.3 is 0 Å². The molecule has 0 radical (unpaired) electrons. The Morgan fingerprint density at radius 2 is 0.912 bits per heavy atom. The van der Waals surface area contributed by atoms with Crippen LogP contribution in [0.15, 0.2) is 188 Å². The van der Waals surface area contributed by atoms with Crippen molar-refractivity contribution in [2.75, 3.05) is 4.90 Å². The van der Waals surface area contributed by atoms with Crippen molar-refractivity contribution in [3.05, 3.63) is 221 Å². The summed E-state index contributed by atoms with van der Waals surface area (Å²) in [6, 6.07) is 72.5. The zero-order chi connectivity index (χ0) is 37.6. The third-order valence-electron chi connectivity index (χ3n) is 13.8. The van der Waals surface area contributed by atoms with Crippen LogP contribution >= 0.6 is 0 Å². The van der Waals surface area contributed by atoms with E-state index in [1.165, 1.54) is 115 Å². The largest absolute Gasteiger partial charge is 0.309 e. The lowest BCUT2D eigenvalue weighted by molar-refractivity contribution is 0.754. The van der Waals surface area contributed by atoms with Crippen molar-refractivity contribution in [1.29, 1.82) is 0 Å². The van der Waals surface area contributed by atoms with Crippen LogP contribution in [0.1, 0.15) is 33.4 Å². The summed E-state index contributed by atoms with van der Waals surface area (Å²) in [6.07, 6.45) is 0. The molecule has 57 heavy (non-hydrogen) atoms. The summed E-state index contributed by atoms with van der Waals surface area (Å²) in [5, 5.41) is 8.57. The van der Waals surface area contributed by atoms with Gasteiger partial charge in [0.25, 0.3) is 0 Å².